The van der Waals surface area contributed by atoms with E-state index in [9.17, 15) is 13.2 Å². The summed E-state index contributed by atoms with van der Waals surface area (Å²) in [6, 6.07) is 13.7. The van der Waals surface area contributed by atoms with Gasteiger partial charge < -0.3 is 4.74 Å². The second-order valence-electron chi connectivity index (χ2n) is 4.66. The molecular weight excluding hydrogens is 304 g/mol. The topological polar surface area (TPSA) is 98.5 Å². The van der Waals surface area contributed by atoms with Crippen LogP contribution in [0.3, 0.4) is 0 Å². The van der Waals surface area contributed by atoms with Crippen molar-refractivity contribution < 1.29 is 17.9 Å². The van der Waals surface area contributed by atoms with Crippen LogP contribution in [-0.2, 0) is 21.4 Å². The Bertz CT molecular complexity index is 773. The number of nitrogens with two attached hydrogens (primary N) is 1. The molecule has 0 aromatic heterocycles. The molecule has 0 fully saturated rings. The van der Waals surface area contributed by atoms with Crippen molar-refractivity contribution in [2.75, 3.05) is 5.32 Å². The molecule has 0 aliphatic rings. The van der Waals surface area contributed by atoms with Gasteiger partial charge in [0.25, 0.3) is 0 Å². The summed E-state index contributed by atoms with van der Waals surface area (Å²) in [5.41, 5.74) is 1.55. The predicted molar refractivity (Wildman–Crippen MR) is 82.8 cm³/mol. The number of primary sulfonamides is 1. The van der Waals surface area contributed by atoms with Crippen LogP contribution in [0.5, 0.6) is 0 Å². The molecule has 22 heavy (non-hydrogen) atoms. The van der Waals surface area contributed by atoms with Crippen LogP contribution in [0.25, 0.3) is 0 Å². The van der Waals surface area contributed by atoms with Crippen LogP contribution in [0.4, 0.5) is 10.5 Å². The zero-order valence-corrected chi connectivity index (χ0v) is 12.8. The number of hydrogen-bond acceptors (Lipinski definition) is 4. The highest BCUT2D eigenvalue weighted by molar-refractivity contribution is 7.89. The van der Waals surface area contributed by atoms with Crippen LogP contribution in [0.2, 0.25) is 0 Å². The van der Waals surface area contributed by atoms with Crippen LogP contribution >= 0.6 is 0 Å². The van der Waals surface area contributed by atoms with Gasteiger partial charge in [0.2, 0.25) is 10.0 Å². The molecule has 0 atom stereocenters. The summed E-state index contributed by atoms with van der Waals surface area (Å²) >= 11 is 0. The smallest absolute Gasteiger partial charge is 0.411 e. The van der Waals surface area contributed by atoms with Gasteiger partial charge in [0, 0.05) is 5.69 Å². The fourth-order valence-corrected chi connectivity index (χ4v) is 2.73. The second kappa shape index (κ2) is 6.59. The zero-order valence-electron chi connectivity index (χ0n) is 11.9. The van der Waals surface area contributed by atoms with E-state index in [-0.39, 0.29) is 11.5 Å². The number of anilines is 1. The van der Waals surface area contributed by atoms with E-state index in [0.717, 1.165) is 5.56 Å². The average molecular weight is 320 g/mol. The predicted octanol–water partition coefficient (Wildman–Crippen LogP) is 2.39. The molecule has 0 bridgehead atoms. The number of benzene rings is 2. The molecular formula is C15H16N2O4S. The van der Waals surface area contributed by atoms with Crippen LogP contribution in [0.15, 0.2) is 53.4 Å². The molecule has 0 saturated carbocycles. The van der Waals surface area contributed by atoms with E-state index in [2.05, 4.69) is 5.32 Å². The minimum Gasteiger partial charge on any atom is -0.444 e. The molecule has 7 heteroatoms. The van der Waals surface area contributed by atoms with Crippen molar-refractivity contribution in [3.8, 4) is 0 Å². The Morgan fingerprint density at radius 3 is 2.45 bits per heavy atom. The average Bonchev–Trinajstić information content (AvgIpc) is 2.47. The monoisotopic (exact) mass is 320 g/mol. The van der Waals surface area contributed by atoms with E-state index < -0.39 is 16.1 Å². The van der Waals surface area contributed by atoms with Gasteiger partial charge in [0.1, 0.15) is 6.61 Å². The minimum atomic E-state index is -3.84. The largest absolute Gasteiger partial charge is 0.444 e. The Labute approximate surface area is 129 Å². The van der Waals surface area contributed by atoms with Gasteiger partial charge in [-0.1, -0.05) is 36.4 Å². The summed E-state index contributed by atoms with van der Waals surface area (Å²) < 4.78 is 28.0. The van der Waals surface area contributed by atoms with E-state index in [1.54, 1.807) is 13.0 Å². The zero-order chi connectivity index (χ0) is 16.2. The molecule has 0 saturated heterocycles. The lowest BCUT2D eigenvalue weighted by Crippen LogP contribution is -2.17. The first kappa shape index (κ1) is 16.0. The van der Waals surface area contributed by atoms with Crippen LogP contribution in [0, 0.1) is 6.92 Å². The maximum atomic E-state index is 11.8. The van der Waals surface area contributed by atoms with Crippen LogP contribution in [-0.4, -0.2) is 14.5 Å². The standard InChI is InChI=1S/C15H16N2O4S/c1-11-13(8-5-9-14(11)22(16,19)20)17-15(18)21-10-12-6-3-2-4-7-12/h2-9H,10H2,1H3,(H,17,18)(H2,16,19,20). The van der Waals surface area contributed by atoms with Gasteiger partial charge >= 0.3 is 6.09 Å². The molecule has 3 N–H and O–H groups in total. The van der Waals surface area contributed by atoms with Crippen molar-refractivity contribution in [3.63, 3.8) is 0 Å². The highest BCUT2D eigenvalue weighted by atomic mass is 32.2. The highest BCUT2D eigenvalue weighted by Crippen LogP contribution is 2.22. The number of ether oxygens (including phenoxy) is 1. The first-order chi connectivity index (χ1) is 10.4. The van der Waals surface area contributed by atoms with E-state index in [1.807, 2.05) is 30.3 Å². The van der Waals surface area contributed by atoms with Crippen molar-refractivity contribution in [2.45, 2.75) is 18.4 Å². The van der Waals surface area contributed by atoms with Gasteiger partial charge in [0.15, 0.2) is 0 Å². The summed E-state index contributed by atoms with van der Waals surface area (Å²) in [7, 11) is -3.84. The van der Waals surface area contributed by atoms with Crippen molar-refractivity contribution in [1.82, 2.24) is 0 Å². The number of sulfonamides is 1. The van der Waals surface area contributed by atoms with Gasteiger partial charge in [0.05, 0.1) is 4.90 Å². The third kappa shape index (κ3) is 4.06. The highest BCUT2D eigenvalue weighted by Gasteiger charge is 2.15. The fraction of sp³-hybridized carbons (Fsp3) is 0.133. The number of carbonyl (C=O) groups is 1. The first-order valence-electron chi connectivity index (χ1n) is 6.48. The Morgan fingerprint density at radius 2 is 1.82 bits per heavy atom. The van der Waals surface area contributed by atoms with Crippen molar-refractivity contribution >= 4 is 21.8 Å². The second-order valence-corrected chi connectivity index (χ2v) is 6.19. The summed E-state index contributed by atoms with van der Waals surface area (Å²) in [5, 5.41) is 7.63. The molecule has 2 aromatic carbocycles. The Kier molecular flexibility index (Phi) is 4.79. The Balaban J connectivity index is 2.06. The van der Waals surface area contributed by atoms with E-state index in [0.29, 0.717) is 11.3 Å². The summed E-state index contributed by atoms with van der Waals surface area (Å²) in [6.45, 7) is 1.69. The van der Waals surface area contributed by atoms with Gasteiger partial charge in [-0.25, -0.2) is 18.4 Å². The first-order valence-corrected chi connectivity index (χ1v) is 8.02. The molecule has 2 rings (SSSR count). The van der Waals surface area contributed by atoms with Crippen molar-refractivity contribution in [3.05, 3.63) is 59.7 Å². The van der Waals surface area contributed by atoms with E-state index in [1.165, 1.54) is 12.1 Å². The van der Waals surface area contributed by atoms with Crippen LogP contribution < -0.4 is 10.5 Å². The Hall–Kier alpha value is -2.38. The molecule has 6 nitrogen and oxygen atoms in total. The lowest BCUT2D eigenvalue weighted by Gasteiger charge is -2.11. The lowest BCUT2D eigenvalue weighted by molar-refractivity contribution is 0.155. The van der Waals surface area contributed by atoms with Gasteiger partial charge in [-0.05, 0) is 30.2 Å². The maximum Gasteiger partial charge on any atom is 0.411 e. The van der Waals surface area contributed by atoms with Crippen LogP contribution in [0.1, 0.15) is 11.1 Å². The molecule has 0 unspecified atom stereocenters. The molecule has 0 spiro atoms. The van der Waals surface area contributed by atoms with Crippen molar-refractivity contribution in [2.24, 2.45) is 5.14 Å². The number of carbonyl (C=O) groups excluding carboxylic acids is 1. The molecule has 2 aromatic rings. The molecule has 116 valence electrons. The number of amides is 1. The normalized spacial score (nSPS) is 11.0. The maximum absolute atomic E-state index is 11.8. The van der Waals surface area contributed by atoms with E-state index >= 15 is 0 Å². The molecule has 0 heterocycles. The SMILES string of the molecule is Cc1c(NC(=O)OCc2ccccc2)cccc1S(N)(=O)=O. The van der Waals surface area contributed by atoms with E-state index in [4.69, 9.17) is 9.88 Å². The van der Waals surface area contributed by atoms with Crippen molar-refractivity contribution in [1.29, 1.82) is 0 Å². The van der Waals surface area contributed by atoms with Gasteiger partial charge in [-0.3, -0.25) is 5.32 Å². The lowest BCUT2D eigenvalue weighted by atomic mass is 10.2. The number of nitrogens with one attached hydrogen (secondary N) is 1. The third-order valence-electron chi connectivity index (χ3n) is 3.04. The Morgan fingerprint density at radius 1 is 1.14 bits per heavy atom. The molecule has 0 aliphatic heterocycles. The fourth-order valence-electron chi connectivity index (χ4n) is 1.93. The summed E-state index contributed by atoms with van der Waals surface area (Å²) in [4.78, 5) is 11.8. The molecule has 0 aliphatic carbocycles. The van der Waals surface area contributed by atoms with Gasteiger partial charge in [-0.15, -0.1) is 0 Å². The summed E-state index contributed by atoms with van der Waals surface area (Å²) in [5.74, 6) is 0. The molecule has 0 radical (unpaired) electrons. The number of hydrogen-bond donors (Lipinski definition) is 2. The number of rotatable bonds is 4. The minimum absolute atomic E-state index is 0.0339. The quantitative estimate of drug-likeness (QED) is 0.903. The third-order valence-corrected chi connectivity index (χ3v) is 4.10. The molecule has 1 amide bonds. The van der Waals surface area contributed by atoms with Gasteiger partial charge in [-0.2, -0.15) is 0 Å². The summed E-state index contributed by atoms with van der Waals surface area (Å²) in [6.07, 6.45) is -0.668.